The van der Waals surface area contributed by atoms with Gasteiger partial charge in [-0.2, -0.15) is 0 Å². The Hall–Kier alpha value is -1.44. The second-order valence-electron chi connectivity index (χ2n) is 3.25. The van der Waals surface area contributed by atoms with Crippen LogP contribution in [-0.2, 0) is 27.3 Å². The zero-order valence-corrected chi connectivity index (χ0v) is 11.4. The predicted octanol–water partition coefficient (Wildman–Crippen LogP) is 0.953. The van der Waals surface area contributed by atoms with Crippen molar-refractivity contribution in [2.75, 3.05) is 14.2 Å². The van der Waals surface area contributed by atoms with Gasteiger partial charge >= 0.3 is 21.0 Å². The first-order valence-corrected chi connectivity index (χ1v) is 6.29. The third kappa shape index (κ3) is 4.51. The molecule has 0 aromatic heterocycles. The van der Waals surface area contributed by atoms with Gasteiger partial charge < -0.3 is 17.7 Å². The Morgan fingerprint density at radius 1 is 0.882 bits per heavy atom. The average Bonchev–Trinajstić information content (AvgIpc) is 2.27. The lowest BCUT2D eigenvalue weighted by Crippen LogP contribution is -2.50. The fourth-order valence-electron chi connectivity index (χ4n) is 0.672. The minimum absolute atomic E-state index is 0.141. The van der Waals surface area contributed by atoms with E-state index >= 15 is 0 Å². The Morgan fingerprint density at radius 3 is 1.35 bits per heavy atom. The molecule has 0 aliphatic heterocycles. The van der Waals surface area contributed by atoms with Crippen molar-refractivity contribution in [1.29, 1.82) is 0 Å². The summed E-state index contributed by atoms with van der Waals surface area (Å²) in [6, 6.07) is 0. The van der Waals surface area contributed by atoms with E-state index in [0.29, 0.717) is 0 Å². The van der Waals surface area contributed by atoms with Gasteiger partial charge in [-0.05, 0) is 13.8 Å². The van der Waals surface area contributed by atoms with Crippen molar-refractivity contribution in [3.8, 4) is 0 Å². The molecule has 0 aliphatic rings. The van der Waals surface area contributed by atoms with Crippen LogP contribution in [0.1, 0.15) is 13.8 Å². The number of hydrogen-bond donors (Lipinski definition) is 0. The van der Waals surface area contributed by atoms with Crippen molar-refractivity contribution < 1.29 is 27.3 Å². The van der Waals surface area contributed by atoms with E-state index in [1.807, 2.05) is 0 Å². The highest BCUT2D eigenvalue weighted by molar-refractivity contribution is 6.58. The summed E-state index contributed by atoms with van der Waals surface area (Å²) in [5, 5.41) is 0. The number of carbonyl (C=O) groups excluding carboxylic acids is 2. The van der Waals surface area contributed by atoms with Gasteiger partial charge in [0.1, 0.15) is 0 Å². The summed E-state index contributed by atoms with van der Waals surface area (Å²) < 4.78 is 19.5. The van der Waals surface area contributed by atoms with E-state index in [4.69, 9.17) is 17.7 Å². The Kier molecular flexibility index (Phi) is 5.79. The van der Waals surface area contributed by atoms with E-state index in [0.717, 1.165) is 0 Å². The summed E-state index contributed by atoms with van der Waals surface area (Å²) in [5.41, 5.74) is 0.282. The highest BCUT2D eigenvalue weighted by atomic mass is 28.4. The van der Waals surface area contributed by atoms with Gasteiger partial charge in [0.05, 0.1) is 0 Å². The first-order chi connectivity index (χ1) is 7.78. The van der Waals surface area contributed by atoms with E-state index in [9.17, 15) is 9.59 Å². The van der Waals surface area contributed by atoms with Crippen LogP contribution in [0.25, 0.3) is 0 Å². The molecule has 0 rings (SSSR count). The quantitative estimate of drug-likeness (QED) is 0.523. The molecule has 0 saturated carbocycles. The van der Waals surface area contributed by atoms with Gasteiger partial charge in [-0.15, -0.1) is 0 Å². The van der Waals surface area contributed by atoms with E-state index in [1.165, 1.54) is 28.1 Å². The van der Waals surface area contributed by atoms with Crippen molar-refractivity contribution >= 4 is 21.0 Å². The average molecular weight is 260 g/mol. The minimum atomic E-state index is -3.82. The van der Waals surface area contributed by atoms with Gasteiger partial charge in [-0.3, -0.25) is 0 Å². The topological polar surface area (TPSA) is 71.1 Å². The molecule has 0 radical (unpaired) electrons. The smallest absolute Gasteiger partial charge is 0.439 e. The number of hydrogen-bond acceptors (Lipinski definition) is 6. The standard InChI is InChI=1S/C10H16O6Si/c1-7(2)9(11)15-17(13-5,14-6)16-10(12)8(3)4/h1,3H2,2,4-6H3. The molecule has 0 aliphatic carbocycles. The lowest BCUT2D eigenvalue weighted by atomic mass is 10.4. The van der Waals surface area contributed by atoms with Crippen LogP contribution in [0, 0.1) is 0 Å². The minimum Gasteiger partial charge on any atom is -0.439 e. The van der Waals surface area contributed by atoms with Crippen LogP contribution in [0.2, 0.25) is 0 Å². The molecule has 96 valence electrons. The van der Waals surface area contributed by atoms with Crippen LogP contribution in [0.4, 0.5) is 0 Å². The van der Waals surface area contributed by atoms with Crippen LogP contribution in [0.3, 0.4) is 0 Å². The Balaban J connectivity index is 4.90. The summed E-state index contributed by atoms with van der Waals surface area (Å²) in [6.07, 6.45) is 0. The maximum absolute atomic E-state index is 11.4. The van der Waals surface area contributed by atoms with Gasteiger partial charge in [-0.1, -0.05) is 13.2 Å². The molecular weight excluding hydrogens is 244 g/mol. The molecule has 0 N–H and O–H groups in total. The molecular formula is C10H16O6Si. The molecule has 0 amide bonds. The molecule has 6 nitrogen and oxygen atoms in total. The summed E-state index contributed by atoms with van der Waals surface area (Å²) in [4.78, 5) is 22.7. The third-order valence-corrected chi connectivity index (χ3v) is 3.50. The van der Waals surface area contributed by atoms with E-state index in [-0.39, 0.29) is 11.1 Å². The zero-order chi connectivity index (χ0) is 13.6. The predicted molar refractivity (Wildman–Crippen MR) is 61.6 cm³/mol. The maximum Gasteiger partial charge on any atom is 0.824 e. The highest BCUT2D eigenvalue weighted by Gasteiger charge is 2.52. The van der Waals surface area contributed by atoms with Gasteiger partial charge in [0.25, 0.3) is 0 Å². The van der Waals surface area contributed by atoms with Crippen LogP contribution in [0.5, 0.6) is 0 Å². The fraction of sp³-hybridized carbons (Fsp3) is 0.400. The first-order valence-electron chi connectivity index (χ1n) is 4.66. The molecule has 0 bridgehead atoms. The second-order valence-corrected chi connectivity index (χ2v) is 5.47. The van der Waals surface area contributed by atoms with E-state index in [2.05, 4.69) is 13.2 Å². The summed E-state index contributed by atoms with van der Waals surface area (Å²) in [7, 11) is -1.39. The maximum atomic E-state index is 11.4. The van der Waals surface area contributed by atoms with E-state index < -0.39 is 21.0 Å². The number of rotatable bonds is 6. The molecule has 0 heterocycles. The molecule has 0 fully saturated rings. The van der Waals surface area contributed by atoms with Gasteiger partial charge in [-0.25, -0.2) is 9.59 Å². The third-order valence-electron chi connectivity index (χ3n) is 1.63. The Morgan fingerprint density at radius 2 is 1.18 bits per heavy atom. The summed E-state index contributed by atoms with van der Waals surface area (Å²) in [5.74, 6) is -1.51. The molecule has 17 heavy (non-hydrogen) atoms. The highest BCUT2D eigenvalue weighted by Crippen LogP contribution is 2.13. The molecule has 7 heteroatoms. The SMILES string of the molecule is C=C(C)C(=O)O[Si](OC)(OC)OC(=O)C(=C)C. The van der Waals surface area contributed by atoms with E-state index in [1.54, 1.807) is 0 Å². The van der Waals surface area contributed by atoms with Crippen LogP contribution < -0.4 is 0 Å². The molecule has 0 saturated heterocycles. The van der Waals surface area contributed by atoms with Crippen molar-refractivity contribution in [2.45, 2.75) is 13.8 Å². The van der Waals surface area contributed by atoms with Crippen molar-refractivity contribution in [1.82, 2.24) is 0 Å². The monoisotopic (exact) mass is 260 g/mol. The van der Waals surface area contributed by atoms with Crippen molar-refractivity contribution in [3.05, 3.63) is 24.3 Å². The molecule has 0 spiro atoms. The van der Waals surface area contributed by atoms with Gasteiger partial charge in [0.2, 0.25) is 0 Å². The largest absolute Gasteiger partial charge is 0.824 e. The van der Waals surface area contributed by atoms with Crippen molar-refractivity contribution in [3.63, 3.8) is 0 Å². The van der Waals surface area contributed by atoms with Gasteiger partial charge in [0, 0.05) is 25.4 Å². The first kappa shape index (κ1) is 15.6. The van der Waals surface area contributed by atoms with Gasteiger partial charge in [0.15, 0.2) is 0 Å². The fourth-order valence-corrected chi connectivity index (χ4v) is 2.02. The summed E-state index contributed by atoms with van der Waals surface area (Å²) >= 11 is 0. The summed E-state index contributed by atoms with van der Waals surface area (Å²) in [6.45, 7) is 9.70. The Labute approximate surface area is 101 Å². The molecule has 0 unspecified atom stereocenters. The zero-order valence-electron chi connectivity index (χ0n) is 10.4. The normalized spacial score (nSPS) is 10.6. The van der Waals surface area contributed by atoms with Crippen LogP contribution >= 0.6 is 0 Å². The lowest BCUT2D eigenvalue weighted by molar-refractivity contribution is -0.146. The number of carbonyl (C=O) groups is 2. The Bertz CT molecular complexity index is 315. The lowest BCUT2D eigenvalue weighted by Gasteiger charge is -2.23. The van der Waals surface area contributed by atoms with Crippen LogP contribution in [-0.4, -0.2) is 35.2 Å². The molecule has 0 aromatic carbocycles. The molecule has 0 atom stereocenters. The van der Waals surface area contributed by atoms with Crippen LogP contribution in [0.15, 0.2) is 24.3 Å². The van der Waals surface area contributed by atoms with Crippen molar-refractivity contribution in [2.24, 2.45) is 0 Å². The second kappa shape index (κ2) is 6.33. The molecule has 0 aromatic rings.